The van der Waals surface area contributed by atoms with Crippen LogP contribution in [0.2, 0.25) is 0 Å². The largest absolute Gasteiger partial charge is 0.396 e. The normalized spacial score (nSPS) is 26.9. The van der Waals surface area contributed by atoms with E-state index in [0.717, 1.165) is 16.0 Å². The first-order valence-electron chi connectivity index (χ1n) is 4.59. The zero-order valence-corrected chi connectivity index (χ0v) is 8.73. The maximum absolute atomic E-state index is 5.39. The lowest BCUT2D eigenvalue weighted by Gasteiger charge is -2.32. The number of aryl methyl sites for hydroxylation is 1. The molecular formula is C9H14N2OS. The standard InChI is InChI=1S/C9H14N2OS/c1-6-3-8(4-6)11-12-9-5-10-7(2)13-9/h5-6,8,11H,3-4H2,1-2H3/t6-,8+. The lowest BCUT2D eigenvalue weighted by molar-refractivity contribution is 0.0893. The van der Waals surface area contributed by atoms with Crippen molar-refractivity contribution in [2.45, 2.75) is 32.7 Å². The summed E-state index contributed by atoms with van der Waals surface area (Å²) in [6.07, 6.45) is 4.20. The highest BCUT2D eigenvalue weighted by Crippen LogP contribution is 2.27. The van der Waals surface area contributed by atoms with E-state index >= 15 is 0 Å². The number of rotatable bonds is 3. The Kier molecular flexibility index (Phi) is 2.51. The zero-order chi connectivity index (χ0) is 9.26. The summed E-state index contributed by atoms with van der Waals surface area (Å²) in [5.74, 6) is 0.851. The van der Waals surface area contributed by atoms with Crippen molar-refractivity contribution >= 4 is 11.3 Å². The van der Waals surface area contributed by atoms with Gasteiger partial charge in [0.2, 0.25) is 5.06 Å². The number of hydroxylamine groups is 1. The third-order valence-electron chi connectivity index (χ3n) is 2.30. The Morgan fingerprint density at radius 3 is 2.92 bits per heavy atom. The monoisotopic (exact) mass is 198 g/mol. The van der Waals surface area contributed by atoms with Crippen molar-refractivity contribution in [2.75, 3.05) is 0 Å². The van der Waals surface area contributed by atoms with Crippen molar-refractivity contribution in [3.63, 3.8) is 0 Å². The lowest BCUT2D eigenvalue weighted by atomic mass is 9.82. The molecule has 1 aromatic rings. The first-order chi connectivity index (χ1) is 6.24. The Morgan fingerprint density at radius 1 is 1.62 bits per heavy atom. The molecule has 1 fully saturated rings. The summed E-state index contributed by atoms with van der Waals surface area (Å²) >= 11 is 1.57. The second kappa shape index (κ2) is 3.64. The van der Waals surface area contributed by atoms with Crippen LogP contribution in [0.3, 0.4) is 0 Å². The van der Waals surface area contributed by atoms with Crippen molar-refractivity contribution < 1.29 is 4.84 Å². The zero-order valence-electron chi connectivity index (χ0n) is 7.91. The molecule has 2 rings (SSSR count). The molecule has 0 aliphatic heterocycles. The van der Waals surface area contributed by atoms with E-state index in [4.69, 9.17) is 4.84 Å². The number of nitrogens with one attached hydrogen (secondary N) is 1. The third kappa shape index (κ3) is 2.19. The molecule has 1 aromatic heterocycles. The average Bonchev–Trinajstić information content (AvgIpc) is 2.43. The van der Waals surface area contributed by atoms with Gasteiger partial charge in [0.25, 0.3) is 0 Å². The molecule has 0 atom stereocenters. The highest BCUT2D eigenvalue weighted by atomic mass is 32.1. The van der Waals surface area contributed by atoms with E-state index < -0.39 is 0 Å². The molecule has 0 spiro atoms. The summed E-state index contributed by atoms with van der Waals surface area (Å²) in [6.45, 7) is 4.23. The van der Waals surface area contributed by atoms with Crippen molar-refractivity contribution in [3.8, 4) is 5.06 Å². The van der Waals surface area contributed by atoms with E-state index in [-0.39, 0.29) is 0 Å². The molecule has 13 heavy (non-hydrogen) atoms. The van der Waals surface area contributed by atoms with E-state index in [1.807, 2.05) is 6.92 Å². The minimum Gasteiger partial charge on any atom is -0.396 e. The van der Waals surface area contributed by atoms with Crippen LogP contribution in [-0.4, -0.2) is 11.0 Å². The minimum atomic E-state index is 0.539. The van der Waals surface area contributed by atoms with E-state index in [9.17, 15) is 0 Å². The molecule has 1 saturated carbocycles. The van der Waals surface area contributed by atoms with Gasteiger partial charge in [-0.15, -0.1) is 0 Å². The van der Waals surface area contributed by atoms with Crippen LogP contribution in [0, 0.1) is 12.8 Å². The van der Waals surface area contributed by atoms with Gasteiger partial charge in [-0.1, -0.05) is 18.3 Å². The highest BCUT2D eigenvalue weighted by Gasteiger charge is 2.25. The van der Waals surface area contributed by atoms with Crippen LogP contribution in [-0.2, 0) is 0 Å². The maximum Gasteiger partial charge on any atom is 0.220 e. The Labute approximate surface area is 82.1 Å². The molecule has 1 N–H and O–H groups in total. The third-order valence-corrected chi connectivity index (χ3v) is 3.09. The second-order valence-corrected chi connectivity index (χ2v) is 4.89. The summed E-state index contributed by atoms with van der Waals surface area (Å²) < 4.78 is 0. The van der Waals surface area contributed by atoms with E-state index in [2.05, 4.69) is 17.4 Å². The van der Waals surface area contributed by atoms with Gasteiger partial charge >= 0.3 is 0 Å². The molecule has 0 amide bonds. The van der Waals surface area contributed by atoms with E-state index in [1.54, 1.807) is 17.5 Å². The topological polar surface area (TPSA) is 34.1 Å². The first kappa shape index (κ1) is 8.97. The Bertz CT molecular complexity index is 281. The van der Waals surface area contributed by atoms with Crippen LogP contribution >= 0.6 is 11.3 Å². The molecule has 3 nitrogen and oxygen atoms in total. The Morgan fingerprint density at radius 2 is 2.38 bits per heavy atom. The quantitative estimate of drug-likeness (QED) is 0.755. The van der Waals surface area contributed by atoms with Crippen molar-refractivity contribution in [3.05, 3.63) is 11.2 Å². The van der Waals surface area contributed by atoms with Gasteiger partial charge in [-0.2, -0.15) is 5.48 Å². The van der Waals surface area contributed by atoms with Gasteiger partial charge in [-0.25, -0.2) is 4.98 Å². The summed E-state index contributed by atoms with van der Waals surface area (Å²) in [5.41, 5.74) is 3.05. The van der Waals surface area contributed by atoms with Gasteiger partial charge in [-0.05, 0) is 25.7 Å². The lowest BCUT2D eigenvalue weighted by Crippen LogP contribution is -2.41. The highest BCUT2D eigenvalue weighted by molar-refractivity contribution is 7.13. The summed E-state index contributed by atoms with van der Waals surface area (Å²) in [6, 6.07) is 0.539. The molecule has 4 heteroatoms. The summed E-state index contributed by atoms with van der Waals surface area (Å²) in [5, 5.41) is 1.90. The van der Waals surface area contributed by atoms with Gasteiger partial charge in [0.05, 0.1) is 11.2 Å². The van der Waals surface area contributed by atoms with Crippen molar-refractivity contribution in [1.82, 2.24) is 10.5 Å². The van der Waals surface area contributed by atoms with Gasteiger partial charge < -0.3 is 4.84 Å². The number of hydrogen-bond acceptors (Lipinski definition) is 4. The molecule has 0 aromatic carbocycles. The van der Waals surface area contributed by atoms with Gasteiger partial charge in [0, 0.05) is 6.04 Å². The minimum absolute atomic E-state index is 0.539. The summed E-state index contributed by atoms with van der Waals surface area (Å²) in [7, 11) is 0. The molecule has 72 valence electrons. The van der Waals surface area contributed by atoms with Crippen LogP contribution in [0.25, 0.3) is 0 Å². The average molecular weight is 198 g/mol. The van der Waals surface area contributed by atoms with Crippen LogP contribution in [0.5, 0.6) is 5.06 Å². The molecule has 1 aliphatic rings. The SMILES string of the molecule is Cc1ncc(ON[C@H]2C[C@@H](C)C2)s1. The van der Waals surface area contributed by atoms with Crippen LogP contribution in [0.1, 0.15) is 24.8 Å². The fourth-order valence-corrected chi connectivity index (χ4v) is 2.12. The predicted molar refractivity (Wildman–Crippen MR) is 52.8 cm³/mol. The van der Waals surface area contributed by atoms with Gasteiger partial charge in [-0.3, -0.25) is 0 Å². The fourth-order valence-electron chi connectivity index (χ4n) is 1.53. The number of aromatic nitrogens is 1. The number of thiazole rings is 1. The Hall–Kier alpha value is -0.610. The van der Waals surface area contributed by atoms with Crippen LogP contribution < -0.4 is 10.3 Å². The smallest absolute Gasteiger partial charge is 0.220 e. The number of nitrogens with zero attached hydrogens (tertiary/aromatic N) is 1. The summed E-state index contributed by atoms with van der Waals surface area (Å²) in [4.78, 5) is 9.49. The van der Waals surface area contributed by atoms with Crippen molar-refractivity contribution in [1.29, 1.82) is 0 Å². The van der Waals surface area contributed by atoms with Crippen LogP contribution in [0.15, 0.2) is 6.20 Å². The van der Waals surface area contributed by atoms with Gasteiger partial charge in [0.1, 0.15) is 0 Å². The molecular weight excluding hydrogens is 184 g/mol. The molecule has 0 bridgehead atoms. The maximum atomic E-state index is 5.39. The molecule has 0 saturated heterocycles. The van der Waals surface area contributed by atoms with Crippen LogP contribution in [0.4, 0.5) is 0 Å². The second-order valence-electron chi connectivity index (χ2n) is 3.69. The molecule has 0 radical (unpaired) electrons. The molecule has 1 aliphatic carbocycles. The first-order valence-corrected chi connectivity index (χ1v) is 5.40. The molecule has 1 heterocycles. The predicted octanol–water partition coefficient (Wildman–Crippen LogP) is 2.13. The van der Waals surface area contributed by atoms with E-state index in [0.29, 0.717) is 6.04 Å². The fraction of sp³-hybridized carbons (Fsp3) is 0.667. The van der Waals surface area contributed by atoms with E-state index in [1.165, 1.54) is 12.8 Å². The van der Waals surface area contributed by atoms with Crippen molar-refractivity contribution in [2.24, 2.45) is 5.92 Å². The number of hydrogen-bond donors (Lipinski definition) is 1. The Balaban J connectivity index is 1.74. The van der Waals surface area contributed by atoms with Gasteiger partial charge in [0.15, 0.2) is 0 Å². The molecule has 0 unspecified atom stereocenters.